The lowest BCUT2D eigenvalue weighted by Crippen LogP contribution is -2.50. The second kappa shape index (κ2) is 7.18. The van der Waals surface area contributed by atoms with Gasteiger partial charge in [0.25, 0.3) is 0 Å². The van der Waals surface area contributed by atoms with E-state index in [9.17, 15) is 9.18 Å². The Hall–Kier alpha value is -1.62. The van der Waals surface area contributed by atoms with Crippen molar-refractivity contribution in [3.63, 3.8) is 0 Å². The van der Waals surface area contributed by atoms with E-state index >= 15 is 0 Å². The normalized spacial score (nSPS) is 24.5. The standard InChI is InChI=1S/C21H31FN2O2/c1-20(2,3)14-23-11-9-21(15-23)8-5-10-24(19(21)25)13-16-12-17(26-4)6-7-18(16)22/h6-7,12H,5,8-11,13-15H2,1-4H3. The fraction of sp³-hybridized carbons (Fsp3) is 0.667. The maximum Gasteiger partial charge on any atom is 0.230 e. The first-order valence-electron chi connectivity index (χ1n) is 9.57. The Balaban J connectivity index is 1.73. The van der Waals surface area contributed by atoms with Crippen LogP contribution in [0.3, 0.4) is 0 Å². The highest BCUT2D eigenvalue weighted by atomic mass is 19.1. The molecule has 1 unspecified atom stereocenters. The van der Waals surface area contributed by atoms with Gasteiger partial charge in [0, 0.05) is 31.7 Å². The van der Waals surface area contributed by atoms with Gasteiger partial charge in [-0.25, -0.2) is 4.39 Å². The summed E-state index contributed by atoms with van der Waals surface area (Å²) in [6.45, 7) is 10.5. The molecule has 0 N–H and O–H groups in total. The average Bonchev–Trinajstić information content (AvgIpc) is 2.95. The van der Waals surface area contributed by atoms with Crippen molar-refractivity contribution in [1.29, 1.82) is 0 Å². The molecule has 0 aliphatic carbocycles. The fourth-order valence-corrected chi connectivity index (χ4v) is 4.45. The van der Waals surface area contributed by atoms with E-state index in [1.165, 1.54) is 6.07 Å². The van der Waals surface area contributed by atoms with Gasteiger partial charge in [0.05, 0.1) is 12.5 Å². The van der Waals surface area contributed by atoms with Gasteiger partial charge in [-0.15, -0.1) is 0 Å². The van der Waals surface area contributed by atoms with Crippen LogP contribution in [0.5, 0.6) is 5.75 Å². The SMILES string of the molecule is COc1ccc(F)c(CN2CCCC3(CCN(CC(C)(C)C)C3)C2=O)c1. The van der Waals surface area contributed by atoms with Gasteiger partial charge >= 0.3 is 0 Å². The quantitative estimate of drug-likeness (QED) is 0.819. The molecule has 1 aromatic carbocycles. The fourth-order valence-electron chi connectivity index (χ4n) is 4.45. The number of ether oxygens (including phenoxy) is 1. The lowest BCUT2D eigenvalue weighted by Gasteiger charge is -2.40. The summed E-state index contributed by atoms with van der Waals surface area (Å²) in [5, 5.41) is 0. The highest BCUT2D eigenvalue weighted by molar-refractivity contribution is 5.84. The van der Waals surface area contributed by atoms with Gasteiger partial charge in [-0.3, -0.25) is 4.79 Å². The summed E-state index contributed by atoms with van der Waals surface area (Å²) in [5.41, 5.74) is 0.477. The summed E-state index contributed by atoms with van der Waals surface area (Å²) < 4.78 is 19.4. The van der Waals surface area contributed by atoms with Crippen LogP contribution in [0.1, 0.15) is 45.6 Å². The molecular weight excluding hydrogens is 331 g/mol. The van der Waals surface area contributed by atoms with E-state index in [1.54, 1.807) is 19.2 Å². The minimum Gasteiger partial charge on any atom is -0.497 e. The van der Waals surface area contributed by atoms with Gasteiger partial charge in [0.15, 0.2) is 0 Å². The summed E-state index contributed by atoms with van der Waals surface area (Å²) in [4.78, 5) is 17.5. The molecule has 0 saturated carbocycles. The Bertz CT molecular complexity index is 670. The van der Waals surface area contributed by atoms with Crippen LogP contribution >= 0.6 is 0 Å². The lowest BCUT2D eigenvalue weighted by atomic mass is 9.78. The van der Waals surface area contributed by atoms with Crippen molar-refractivity contribution in [1.82, 2.24) is 9.80 Å². The molecule has 2 aliphatic rings. The van der Waals surface area contributed by atoms with Crippen LogP contribution in [0.15, 0.2) is 18.2 Å². The van der Waals surface area contributed by atoms with E-state index in [1.807, 2.05) is 4.90 Å². The van der Waals surface area contributed by atoms with E-state index in [0.717, 1.165) is 38.9 Å². The zero-order valence-corrected chi connectivity index (χ0v) is 16.5. The van der Waals surface area contributed by atoms with Crippen molar-refractivity contribution < 1.29 is 13.9 Å². The van der Waals surface area contributed by atoms with Gasteiger partial charge in [-0.1, -0.05) is 20.8 Å². The monoisotopic (exact) mass is 362 g/mol. The molecule has 1 amide bonds. The number of amides is 1. The summed E-state index contributed by atoms with van der Waals surface area (Å²) in [6.07, 6.45) is 2.85. The third-order valence-electron chi connectivity index (χ3n) is 5.57. The minimum absolute atomic E-state index is 0.197. The molecule has 2 aliphatic heterocycles. The van der Waals surface area contributed by atoms with E-state index in [4.69, 9.17) is 4.74 Å². The van der Waals surface area contributed by atoms with E-state index < -0.39 is 0 Å². The first-order chi connectivity index (χ1) is 12.2. The first-order valence-corrected chi connectivity index (χ1v) is 9.57. The first kappa shape index (κ1) is 19.2. The molecule has 4 nitrogen and oxygen atoms in total. The Labute approximate surface area is 156 Å². The van der Waals surface area contributed by atoms with Crippen molar-refractivity contribution in [2.24, 2.45) is 10.8 Å². The van der Waals surface area contributed by atoms with Crippen molar-refractivity contribution in [3.8, 4) is 5.75 Å². The van der Waals surface area contributed by atoms with Crippen LogP contribution in [-0.2, 0) is 11.3 Å². The largest absolute Gasteiger partial charge is 0.497 e. The molecule has 26 heavy (non-hydrogen) atoms. The second-order valence-electron chi connectivity index (χ2n) is 9.09. The number of methoxy groups -OCH3 is 1. The number of benzene rings is 1. The van der Waals surface area contributed by atoms with Crippen LogP contribution < -0.4 is 4.74 Å². The van der Waals surface area contributed by atoms with Crippen LogP contribution in [0.4, 0.5) is 4.39 Å². The molecule has 0 radical (unpaired) electrons. The van der Waals surface area contributed by atoms with Crippen LogP contribution in [-0.4, -0.2) is 49.0 Å². The Morgan fingerprint density at radius 2 is 2.00 bits per heavy atom. The number of rotatable bonds is 4. The zero-order chi connectivity index (χ0) is 18.9. The molecule has 2 fully saturated rings. The lowest BCUT2D eigenvalue weighted by molar-refractivity contribution is -0.146. The predicted octanol–water partition coefficient (Wildman–Crippen LogP) is 3.69. The second-order valence-corrected chi connectivity index (χ2v) is 9.09. The van der Waals surface area contributed by atoms with Crippen LogP contribution in [0.2, 0.25) is 0 Å². The van der Waals surface area contributed by atoms with Gasteiger partial charge in [0.1, 0.15) is 11.6 Å². The molecule has 5 heteroatoms. The Morgan fingerprint density at radius 3 is 2.69 bits per heavy atom. The van der Waals surface area contributed by atoms with Crippen LogP contribution in [0.25, 0.3) is 0 Å². The molecule has 2 heterocycles. The molecule has 1 spiro atoms. The highest BCUT2D eigenvalue weighted by Crippen LogP contribution is 2.41. The number of hydrogen-bond donors (Lipinski definition) is 0. The molecule has 2 saturated heterocycles. The number of piperidine rings is 1. The van der Waals surface area contributed by atoms with Crippen LogP contribution in [0, 0.1) is 16.6 Å². The van der Waals surface area contributed by atoms with Gasteiger partial charge in [-0.05, 0) is 49.4 Å². The summed E-state index contributed by atoms with van der Waals surface area (Å²) in [7, 11) is 1.57. The maximum absolute atomic E-state index is 14.2. The van der Waals surface area contributed by atoms with E-state index in [-0.39, 0.29) is 22.6 Å². The predicted molar refractivity (Wildman–Crippen MR) is 101 cm³/mol. The zero-order valence-electron chi connectivity index (χ0n) is 16.5. The van der Waals surface area contributed by atoms with Crippen molar-refractivity contribution in [2.75, 3.05) is 33.3 Å². The summed E-state index contributed by atoms with van der Waals surface area (Å²) in [6, 6.07) is 4.73. The van der Waals surface area contributed by atoms with Crippen molar-refractivity contribution >= 4 is 5.91 Å². The van der Waals surface area contributed by atoms with Crippen molar-refractivity contribution in [3.05, 3.63) is 29.6 Å². The Kier molecular flexibility index (Phi) is 5.29. The molecule has 0 aromatic heterocycles. The molecule has 1 aromatic rings. The number of carbonyl (C=O) groups excluding carboxylic acids is 1. The third kappa shape index (κ3) is 4.03. The number of carbonyl (C=O) groups is 1. The summed E-state index contributed by atoms with van der Waals surface area (Å²) in [5.74, 6) is 0.541. The third-order valence-corrected chi connectivity index (χ3v) is 5.57. The Morgan fingerprint density at radius 1 is 1.23 bits per heavy atom. The average molecular weight is 362 g/mol. The smallest absolute Gasteiger partial charge is 0.230 e. The van der Waals surface area contributed by atoms with E-state index in [0.29, 0.717) is 24.4 Å². The number of halogens is 1. The summed E-state index contributed by atoms with van der Waals surface area (Å²) >= 11 is 0. The topological polar surface area (TPSA) is 32.8 Å². The number of nitrogens with zero attached hydrogens (tertiary/aromatic N) is 2. The maximum atomic E-state index is 14.2. The molecule has 1 atom stereocenters. The van der Waals surface area contributed by atoms with Gasteiger partial charge in [0.2, 0.25) is 5.91 Å². The highest BCUT2D eigenvalue weighted by Gasteiger charge is 2.48. The molecular formula is C21H31FN2O2. The van der Waals surface area contributed by atoms with E-state index in [2.05, 4.69) is 25.7 Å². The van der Waals surface area contributed by atoms with Gasteiger partial charge in [-0.2, -0.15) is 0 Å². The number of likely N-dealkylation sites (tertiary alicyclic amines) is 2. The number of hydrogen-bond acceptors (Lipinski definition) is 3. The van der Waals surface area contributed by atoms with Crippen molar-refractivity contribution in [2.45, 2.75) is 46.6 Å². The molecule has 3 rings (SSSR count). The molecule has 144 valence electrons. The van der Waals surface area contributed by atoms with Gasteiger partial charge < -0.3 is 14.5 Å². The minimum atomic E-state index is -0.279. The molecule has 0 bridgehead atoms.